The van der Waals surface area contributed by atoms with Crippen LogP contribution in [0.1, 0.15) is 101 Å². The lowest BCUT2D eigenvalue weighted by molar-refractivity contribution is -0.317. The van der Waals surface area contributed by atoms with Crippen LogP contribution in [0.25, 0.3) is 0 Å². The fraction of sp³-hybridized carbons (Fsp3) is 0.857. The third-order valence-electron chi connectivity index (χ3n) is 13.3. The van der Waals surface area contributed by atoms with Gasteiger partial charge >= 0.3 is 17.9 Å². The van der Waals surface area contributed by atoms with E-state index in [-0.39, 0.29) is 37.2 Å². The molecule has 0 aromatic rings. The number of ketones is 1. The maximum absolute atomic E-state index is 14.5. The number of likely N-dealkylation sites (N-methyl/N-ethyl adjacent to an activating group) is 1. The summed E-state index contributed by atoms with van der Waals surface area (Å²) >= 11 is 0. The van der Waals surface area contributed by atoms with Crippen molar-refractivity contribution in [1.29, 1.82) is 0 Å². The van der Waals surface area contributed by atoms with Crippen LogP contribution in [0.3, 0.4) is 0 Å². The second-order valence-electron chi connectivity index (χ2n) is 17.4. The van der Waals surface area contributed by atoms with Gasteiger partial charge in [0.25, 0.3) is 0 Å². The summed E-state index contributed by atoms with van der Waals surface area (Å²) in [5, 5.41) is 14.7. The lowest BCUT2D eigenvalue weighted by Crippen LogP contribution is -2.61. The Kier molecular flexibility index (Phi) is 15.6. The number of aliphatic hydroxyl groups excluding tert-OH is 1. The number of carbonyl (C=O) groups excluding carboxylic acids is 4. The number of Topliss-reactive ketones (excluding diaryl/α,β-unsaturated/α-hetero) is 1. The Labute approximate surface area is 338 Å². The Bertz CT molecular complexity index is 1440. The molecule has 57 heavy (non-hydrogen) atoms. The zero-order valence-corrected chi connectivity index (χ0v) is 36.2. The number of esters is 3. The van der Waals surface area contributed by atoms with E-state index in [2.05, 4.69) is 11.9 Å². The molecule has 4 fully saturated rings. The maximum atomic E-state index is 14.5. The van der Waals surface area contributed by atoms with Crippen molar-refractivity contribution in [1.82, 2.24) is 5.32 Å². The number of fused-ring (bicyclic) bond motifs is 1. The van der Waals surface area contributed by atoms with Crippen molar-refractivity contribution in [3.63, 3.8) is 0 Å². The van der Waals surface area contributed by atoms with Crippen molar-refractivity contribution in [2.45, 2.75) is 179 Å². The van der Waals surface area contributed by atoms with Crippen LogP contribution in [0.5, 0.6) is 0 Å². The third-order valence-corrected chi connectivity index (χ3v) is 13.3. The Morgan fingerprint density at radius 1 is 0.947 bits per heavy atom. The second-order valence-corrected chi connectivity index (χ2v) is 17.4. The average Bonchev–Trinajstić information content (AvgIpc) is 3.49. The number of aliphatic hydroxyl groups is 1. The average molecular weight is 812 g/mol. The Morgan fingerprint density at radius 3 is 2.16 bits per heavy atom. The van der Waals surface area contributed by atoms with E-state index in [1.807, 2.05) is 34.6 Å². The van der Waals surface area contributed by atoms with E-state index >= 15 is 0 Å². The number of methoxy groups -OCH3 is 2. The minimum absolute atomic E-state index is 0.00389. The topological polar surface area (TPSA) is 184 Å². The summed E-state index contributed by atoms with van der Waals surface area (Å²) in [5.41, 5.74) is -3.57. The predicted molar refractivity (Wildman–Crippen MR) is 206 cm³/mol. The zero-order valence-electron chi connectivity index (χ0n) is 36.2. The highest BCUT2D eigenvalue weighted by Gasteiger charge is 2.58. The van der Waals surface area contributed by atoms with Crippen LogP contribution in [0, 0.1) is 29.6 Å². The largest absolute Gasteiger partial charge is 0.458 e. The molecule has 326 valence electrons. The summed E-state index contributed by atoms with van der Waals surface area (Å²) in [6, 6.07) is -0.340. The van der Waals surface area contributed by atoms with E-state index in [1.54, 1.807) is 41.7 Å². The highest BCUT2D eigenvalue weighted by Crippen LogP contribution is 2.46. The van der Waals surface area contributed by atoms with Crippen molar-refractivity contribution in [3.8, 4) is 0 Å². The normalized spacial score (nSPS) is 46.3. The first-order valence-electron chi connectivity index (χ1n) is 20.5. The summed E-state index contributed by atoms with van der Waals surface area (Å²) in [6.45, 7) is 21.5. The van der Waals surface area contributed by atoms with E-state index < -0.39 is 114 Å². The number of nitrogens with one attached hydrogen (secondary N) is 1. The molecule has 15 nitrogen and oxygen atoms in total. The SMILES string of the molecule is C=CC(=O)OC1[C@H](C)O[C@@H](O[C@H]2[C@H](C)[C@@H](O[C@@H]3O[C@H](C)C[C@H](NC)[C@H]3O)[C@](C)(OC)C[C@@H](C)C(=O)[C@H](C)[C@H]3CC(=O)O[C@]3(C)[C@@H](CC)OC(=O)[C@@H]2C)C[C@@]1(C)OC. The first-order chi connectivity index (χ1) is 26.6. The molecule has 18 atom stereocenters. The van der Waals surface area contributed by atoms with Crippen LogP contribution in [-0.4, -0.2) is 128 Å². The van der Waals surface area contributed by atoms with Gasteiger partial charge in [0.15, 0.2) is 18.7 Å². The maximum Gasteiger partial charge on any atom is 0.330 e. The summed E-state index contributed by atoms with van der Waals surface area (Å²) in [6.07, 6.45) is -5.62. The van der Waals surface area contributed by atoms with Crippen molar-refractivity contribution in [2.75, 3.05) is 21.3 Å². The van der Waals surface area contributed by atoms with Gasteiger partial charge < -0.3 is 53.1 Å². The highest BCUT2D eigenvalue weighted by molar-refractivity contribution is 5.85. The van der Waals surface area contributed by atoms with Gasteiger partial charge in [-0.2, -0.15) is 0 Å². The summed E-state index contributed by atoms with van der Waals surface area (Å²) in [5.74, 6) is -5.32. The van der Waals surface area contributed by atoms with Crippen molar-refractivity contribution >= 4 is 23.7 Å². The predicted octanol–water partition coefficient (Wildman–Crippen LogP) is 4.04. The molecule has 4 rings (SSSR count). The number of carbonyl (C=O) groups is 4. The van der Waals surface area contributed by atoms with Crippen LogP contribution in [0.15, 0.2) is 12.7 Å². The third kappa shape index (κ3) is 9.77. The van der Waals surface area contributed by atoms with Gasteiger partial charge in [-0.3, -0.25) is 14.4 Å². The molecule has 2 N–H and O–H groups in total. The minimum Gasteiger partial charge on any atom is -0.458 e. The number of cyclic esters (lactones) is 1. The van der Waals surface area contributed by atoms with Gasteiger partial charge in [-0.15, -0.1) is 0 Å². The summed E-state index contributed by atoms with van der Waals surface area (Å²) < 4.78 is 56.5. The molecule has 4 aliphatic rings. The molecule has 0 aromatic heterocycles. The molecule has 4 aliphatic heterocycles. The molecule has 0 bridgehead atoms. The Hall–Kier alpha value is -2.50. The van der Waals surface area contributed by atoms with E-state index in [0.29, 0.717) is 12.8 Å². The lowest BCUT2D eigenvalue weighted by Gasteiger charge is -2.49. The van der Waals surface area contributed by atoms with E-state index in [4.69, 9.17) is 42.6 Å². The number of ether oxygens (including phenoxy) is 9. The van der Waals surface area contributed by atoms with E-state index in [9.17, 15) is 24.3 Å². The molecule has 0 spiro atoms. The zero-order chi connectivity index (χ0) is 42.8. The van der Waals surface area contributed by atoms with Gasteiger partial charge in [-0.1, -0.05) is 34.3 Å². The molecule has 1 unspecified atom stereocenters. The van der Waals surface area contributed by atoms with Crippen LogP contribution < -0.4 is 5.32 Å². The van der Waals surface area contributed by atoms with Gasteiger partial charge in [0.2, 0.25) is 0 Å². The van der Waals surface area contributed by atoms with Gasteiger partial charge in [0.1, 0.15) is 29.2 Å². The summed E-state index contributed by atoms with van der Waals surface area (Å²) in [7, 11) is 4.80. The van der Waals surface area contributed by atoms with Crippen LogP contribution in [0.4, 0.5) is 0 Å². The fourth-order valence-electron chi connectivity index (χ4n) is 9.82. The molecule has 0 radical (unpaired) electrons. The van der Waals surface area contributed by atoms with Gasteiger partial charge in [-0.05, 0) is 67.9 Å². The first-order valence-corrected chi connectivity index (χ1v) is 20.5. The molecule has 0 amide bonds. The van der Waals surface area contributed by atoms with Gasteiger partial charge in [0, 0.05) is 56.4 Å². The molecule has 0 aromatic carbocycles. The van der Waals surface area contributed by atoms with Gasteiger partial charge in [0.05, 0.1) is 42.4 Å². The van der Waals surface area contributed by atoms with Crippen molar-refractivity contribution in [3.05, 3.63) is 12.7 Å². The molecule has 4 saturated heterocycles. The molecular weight excluding hydrogens is 742 g/mol. The van der Waals surface area contributed by atoms with Crippen LogP contribution >= 0.6 is 0 Å². The van der Waals surface area contributed by atoms with E-state index in [0.717, 1.165) is 6.08 Å². The first kappa shape index (κ1) is 47.2. The smallest absolute Gasteiger partial charge is 0.330 e. The Morgan fingerprint density at radius 2 is 1.58 bits per heavy atom. The van der Waals surface area contributed by atoms with Crippen molar-refractivity contribution in [2.24, 2.45) is 29.6 Å². The summed E-state index contributed by atoms with van der Waals surface area (Å²) in [4.78, 5) is 54.2. The van der Waals surface area contributed by atoms with E-state index in [1.165, 1.54) is 14.2 Å². The quantitative estimate of drug-likeness (QED) is 0.183. The standard InChI is InChI=1S/C42H69NO14/c1-15-29-42(11)27(18-31(45)57-42)23(5)33(46)21(3)19-40(9,49-13)36(56-39-34(47)28(43-12)17-22(4)51-39)24(6)35(25(7)38(48)53-29)55-32-20-41(10,50-14)37(26(8)52-32)54-30(44)16-2/h16,21-29,32,34-37,39,43,47H,2,15,17-20H2,1,3-14H3/t21-,22-,23-,24+,25-,26+,27-,28+,29-,32+,34-,35+,36-,37?,39+,40-,41-,42+/m1/s1. The molecule has 4 heterocycles. The number of hydrogen-bond donors (Lipinski definition) is 2. The number of rotatable bonds is 10. The highest BCUT2D eigenvalue weighted by atomic mass is 16.7. The molecular formula is C42H69NO14. The van der Waals surface area contributed by atoms with Crippen molar-refractivity contribution < 1.29 is 66.9 Å². The molecule has 0 saturated carbocycles. The second kappa shape index (κ2) is 18.8. The Balaban J connectivity index is 1.86. The van der Waals surface area contributed by atoms with Crippen LogP contribution in [-0.2, 0) is 61.8 Å². The monoisotopic (exact) mass is 811 g/mol. The molecule has 15 heteroatoms. The fourth-order valence-corrected chi connectivity index (χ4v) is 9.82. The van der Waals surface area contributed by atoms with Crippen LogP contribution in [0.2, 0.25) is 0 Å². The van der Waals surface area contributed by atoms with Gasteiger partial charge in [-0.25, -0.2) is 4.79 Å². The minimum atomic E-state index is -1.27. The molecule has 0 aliphatic carbocycles. The number of hydrogen-bond acceptors (Lipinski definition) is 15. The lowest BCUT2D eigenvalue weighted by atomic mass is 9.70.